The van der Waals surface area contributed by atoms with E-state index in [0.29, 0.717) is 0 Å². The third-order valence-corrected chi connectivity index (χ3v) is 4.76. The molecule has 19 heavy (non-hydrogen) atoms. The van der Waals surface area contributed by atoms with Crippen LogP contribution in [0.3, 0.4) is 0 Å². The quantitative estimate of drug-likeness (QED) is 0.860. The second-order valence-corrected chi connectivity index (χ2v) is 6.11. The van der Waals surface area contributed by atoms with Crippen molar-refractivity contribution in [2.75, 3.05) is 11.9 Å². The van der Waals surface area contributed by atoms with Crippen LogP contribution in [0.2, 0.25) is 0 Å². The van der Waals surface area contributed by atoms with Crippen LogP contribution in [0.5, 0.6) is 0 Å². The molecule has 0 saturated carbocycles. The van der Waals surface area contributed by atoms with Gasteiger partial charge in [-0.3, -0.25) is 0 Å². The van der Waals surface area contributed by atoms with Gasteiger partial charge in [-0.2, -0.15) is 0 Å². The molecule has 0 aliphatic rings. The van der Waals surface area contributed by atoms with Crippen LogP contribution in [0.15, 0.2) is 15.9 Å². The number of hydrogen-bond acceptors (Lipinski definition) is 4. The molecule has 1 N–H and O–H groups in total. The second-order valence-electron chi connectivity index (χ2n) is 4.34. The van der Waals surface area contributed by atoms with Gasteiger partial charge in [0, 0.05) is 22.3 Å². The van der Waals surface area contributed by atoms with Gasteiger partial charge in [-0.15, -0.1) is 11.3 Å². The number of aryl methyl sites for hydroxylation is 1. The smallest absolute Gasteiger partial charge is 0.173 e. The normalized spacial score (nSPS) is 10.7. The Balaban J connectivity index is 2.47. The molecule has 0 aliphatic heterocycles. The van der Waals surface area contributed by atoms with E-state index in [-0.39, 0.29) is 0 Å². The lowest BCUT2D eigenvalue weighted by Crippen LogP contribution is -2.09. The Morgan fingerprint density at radius 3 is 2.68 bits per heavy atom. The zero-order chi connectivity index (χ0) is 13.8. The molecule has 0 fully saturated rings. The maximum Gasteiger partial charge on any atom is 0.173 e. The summed E-state index contributed by atoms with van der Waals surface area (Å²) in [6.45, 7) is 7.30. The van der Waals surface area contributed by atoms with Gasteiger partial charge in [-0.25, -0.2) is 9.97 Å². The first kappa shape index (κ1) is 14.5. The van der Waals surface area contributed by atoms with Crippen LogP contribution in [0, 0.1) is 6.92 Å². The van der Waals surface area contributed by atoms with Crippen LogP contribution in [0.25, 0.3) is 10.7 Å². The van der Waals surface area contributed by atoms with Crippen molar-refractivity contribution in [3.05, 3.63) is 27.2 Å². The molecule has 2 heterocycles. The van der Waals surface area contributed by atoms with Gasteiger partial charge < -0.3 is 5.32 Å². The minimum absolute atomic E-state index is 0.801. The number of aromatic nitrogens is 2. The Morgan fingerprint density at radius 2 is 2.11 bits per heavy atom. The van der Waals surface area contributed by atoms with Gasteiger partial charge in [-0.1, -0.05) is 13.8 Å². The van der Waals surface area contributed by atoms with Crippen LogP contribution < -0.4 is 5.32 Å². The van der Waals surface area contributed by atoms with Crippen LogP contribution in [-0.2, 0) is 6.42 Å². The highest BCUT2D eigenvalue weighted by Crippen LogP contribution is 2.32. The SMILES string of the molecule is CCCNc1nc(-c2sccc2Br)nc(C)c1CC. The Kier molecular flexibility index (Phi) is 4.93. The highest BCUT2D eigenvalue weighted by atomic mass is 79.9. The topological polar surface area (TPSA) is 37.8 Å². The number of thiophene rings is 1. The summed E-state index contributed by atoms with van der Waals surface area (Å²) in [7, 11) is 0. The molecule has 0 radical (unpaired) electrons. The third-order valence-electron chi connectivity index (χ3n) is 2.93. The minimum Gasteiger partial charge on any atom is -0.370 e. The summed E-state index contributed by atoms with van der Waals surface area (Å²) in [4.78, 5) is 10.4. The van der Waals surface area contributed by atoms with E-state index in [1.165, 1.54) is 5.56 Å². The molecular weight excluding hydrogens is 322 g/mol. The zero-order valence-electron chi connectivity index (χ0n) is 11.5. The second kappa shape index (κ2) is 6.48. The van der Waals surface area contributed by atoms with Crippen molar-refractivity contribution in [3.63, 3.8) is 0 Å². The van der Waals surface area contributed by atoms with E-state index in [9.17, 15) is 0 Å². The fourth-order valence-electron chi connectivity index (χ4n) is 1.96. The fraction of sp³-hybridized carbons (Fsp3) is 0.429. The van der Waals surface area contributed by atoms with E-state index in [2.05, 4.69) is 47.0 Å². The third kappa shape index (κ3) is 3.15. The Bertz CT molecular complexity index is 566. The van der Waals surface area contributed by atoms with E-state index in [1.54, 1.807) is 11.3 Å². The number of halogens is 1. The summed E-state index contributed by atoms with van der Waals surface area (Å²) in [6.07, 6.45) is 2.04. The van der Waals surface area contributed by atoms with Gasteiger partial charge >= 0.3 is 0 Å². The first-order chi connectivity index (χ1) is 9.17. The average molecular weight is 340 g/mol. The van der Waals surface area contributed by atoms with Crippen molar-refractivity contribution < 1.29 is 0 Å². The summed E-state index contributed by atoms with van der Waals surface area (Å²) in [6, 6.07) is 2.03. The average Bonchev–Trinajstić information content (AvgIpc) is 2.82. The van der Waals surface area contributed by atoms with Gasteiger partial charge in [0.25, 0.3) is 0 Å². The molecule has 102 valence electrons. The summed E-state index contributed by atoms with van der Waals surface area (Å²) >= 11 is 5.21. The number of anilines is 1. The molecule has 2 aromatic heterocycles. The van der Waals surface area contributed by atoms with Gasteiger partial charge in [0.2, 0.25) is 0 Å². The predicted molar refractivity (Wildman–Crippen MR) is 85.9 cm³/mol. The van der Waals surface area contributed by atoms with E-state index in [0.717, 1.165) is 46.1 Å². The summed E-state index contributed by atoms with van der Waals surface area (Å²) in [5.41, 5.74) is 2.27. The Hall–Kier alpha value is -0.940. The van der Waals surface area contributed by atoms with Crippen molar-refractivity contribution in [2.45, 2.75) is 33.6 Å². The van der Waals surface area contributed by atoms with Gasteiger partial charge in [0.05, 0.1) is 4.88 Å². The standard InChI is InChI=1S/C14H18BrN3S/c1-4-7-16-13-10(5-2)9(3)17-14(18-13)12-11(15)6-8-19-12/h6,8H,4-5,7H2,1-3H3,(H,16,17,18). The van der Waals surface area contributed by atoms with Crippen molar-refractivity contribution in [2.24, 2.45) is 0 Å². The lowest BCUT2D eigenvalue weighted by atomic mass is 10.1. The molecule has 5 heteroatoms. The van der Waals surface area contributed by atoms with Crippen LogP contribution in [0.4, 0.5) is 5.82 Å². The molecule has 0 bridgehead atoms. The molecule has 3 nitrogen and oxygen atoms in total. The lowest BCUT2D eigenvalue weighted by molar-refractivity contribution is 0.939. The molecule has 0 amide bonds. The van der Waals surface area contributed by atoms with E-state index < -0.39 is 0 Å². The summed E-state index contributed by atoms with van der Waals surface area (Å²) < 4.78 is 1.06. The van der Waals surface area contributed by atoms with Gasteiger partial charge in [0.1, 0.15) is 5.82 Å². The molecule has 0 atom stereocenters. The molecule has 0 unspecified atom stereocenters. The molecular formula is C14H18BrN3S. The van der Waals surface area contributed by atoms with Gasteiger partial charge in [-0.05, 0) is 47.1 Å². The van der Waals surface area contributed by atoms with Gasteiger partial charge in [0.15, 0.2) is 5.82 Å². The number of nitrogens with zero attached hydrogens (tertiary/aromatic N) is 2. The largest absolute Gasteiger partial charge is 0.370 e. The van der Waals surface area contributed by atoms with Crippen LogP contribution >= 0.6 is 27.3 Å². The van der Waals surface area contributed by atoms with Crippen molar-refractivity contribution in [3.8, 4) is 10.7 Å². The monoisotopic (exact) mass is 339 g/mol. The summed E-state index contributed by atoms with van der Waals surface area (Å²) in [5, 5.41) is 5.46. The maximum absolute atomic E-state index is 4.70. The fourth-order valence-corrected chi connectivity index (χ4v) is 3.45. The maximum atomic E-state index is 4.70. The molecule has 0 aromatic carbocycles. The van der Waals surface area contributed by atoms with Crippen LogP contribution in [0.1, 0.15) is 31.5 Å². The highest BCUT2D eigenvalue weighted by molar-refractivity contribution is 9.10. The molecule has 2 rings (SSSR count). The lowest BCUT2D eigenvalue weighted by Gasteiger charge is -2.13. The molecule has 0 aliphatic carbocycles. The first-order valence-electron chi connectivity index (χ1n) is 6.52. The zero-order valence-corrected chi connectivity index (χ0v) is 13.9. The minimum atomic E-state index is 0.801. The van der Waals surface area contributed by atoms with Crippen LogP contribution in [-0.4, -0.2) is 16.5 Å². The van der Waals surface area contributed by atoms with E-state index in [4.69, 9.17) is 4.98 Å². The number of hydrogen-bond donors (Lipinski definition) is 1. The molecule has 2 aromatic rings. The summed E-state index contributed by atoms with van der Waals surface area (Å²) in [5.74, 6) is 1.78. The Morgan fingerprint density at radius 1 is 1.32 bits per heavy atom. The van der Waals surface area contributed by atoms with E-state index >= 15 is 0 Å². The molecule has 0 saturated heterocycles. The number of rotatable bonds is 5. The van der Waals surface area contributed by atoms with E-state index in [1.807, 2.05) is 11.4 Å². The van der Waals surface area contributed by atoms with Crippen molar-refractivity contribution in [1.29, 1.82) is 0 Å². The first-order valence-corrected chi connectivity index (χ1v) is 8.19. The number of nitrogens with one attached hydrogen (secondary N) is 1. The predicted octanol–water partition coefficient (Wildman–Crippen LogP) is 4.66. The highest BCUT2D eigenvalue weighted by Gasteiger charge is 2.14. The molecule has 0 spiro atoms. The Labute approximate surface area is 126 Å². The van der Waals surface area contributed by atoms with Crippen molar-refractivity contribution in [1.82, 2.24) is 9.97 Å². The van der Waals surface area contributed by atoms with Crippen molar-refractivity contribution >= 4 is 33.1 Å².